The number of aryl methyl sites for hydroxylation is 7. The summed E-state index contributed by atoms with van der Waals surface area (Å²) in [5.41, 5.74) is 17.7. The van der Waals surface area contributed by atoms with Crippen LogP contribution in [-0.4, -0.2) is 36.8 Å². The molecule has 0 saturated heterocycles. The molecule has 0 radical (unpaired) electrons. The summed E-state index contributed by atoms with van der Waals surface area (Å²) >= 11 is 5.61. The summed E-state index contributed by atoms with van der Waals surface area (Å²) in [6, 6.07) is 52.2. The lowest BCUT2D eigenvalue weighted by Crippen LogP contribution is -2.24. The van der Waals surface area contributed by atoms with Crippen LogP contribution in [0.3, 0.4) is 0 Å². The van der Waals surface area contributed by atoms with Gasteiger partial charge >= 0.3 is 0 Å². The number of sulfone groups is 2. The number of aromatic amines is 1. The maximum atomic E-state index is 14.2. The van der Waals surface area contributed by atoms with Gasteiger partial charge in [-0.15, -0.1) is 0 Å². The molecule has 620 valence electrons. The zero-order valence-electron chi connectivity index (χ0n) is 69.6. The van der Waals surface area contributed by atoms with Gasteiger partial charge in [-0.05, 0) is 299 Å². The highest BCUT2D eigenvalue weighted by atomic mass is 79.9. The fourth-order valence-electron chi connectivity index (χ4n) is 14.7. The minimum atomic E-state index is -3.93. The molecule has 4 aromatic heterocycles. The van der Waals surface area contributed by atoms with Gasteiger partial charge in [0.05, 0.1) is 54.5 Å². The molecule has 1 N–H and O–H groups in total. The Morgan fingerprint density at radius 3 is 1.15 bits per heavy atom. The minimum Gasteiger partial charge on any atom is -0.473 e. The number of nitrogens with zero attached hydrogens (tertiary/aromatic N) is 6. The topological polar surface area (TPSA) is 239 Å². The third-order valence-electron chi connectivity index (χ3n) is 21.5. The summed E-state index contributed by atoms with van der Waals surface area (Å²) in [6.07, 6.45) is 13.2. The van der Waals surface area contributed by atoms with Crippen LogP contribution in [0.15, 0.2) is 184 Å². The molecule has 0 bridgehead atoms. The van der Waals surface area contributed by atoms with Crippen molar-refractivity contribution in [2.75, 3.05) is 0 Å². The molecule has 4 aliphatic rings. The molecule has 14 rings (SSSR count). The van der Waals surface area contributed by atoms with E-state index in [9.17, 15) is 37.4 Å². The number of nitrogens with one attached hydrogen (secondary N) is 1. The molecule has 0 spiro atoms. The molecule has 4 fully saturated rings. The smallest absolute Gasteiger partial charge is 0.252 e. The molecular formula is C99H116BrN7O8S3. The Labute approximate surface area is 714 Å². The number of halogens is 1. The van der Waals surface area contributed by atoms with E-state index in [1.807, 2.05) is 126 Å². The minimum absolute atomic E-state index is 0. The Balaban J connectivity index is 0.000000180. The van der Waals surface area contributed by atoms with Gasteiger partial charge < -0.3 is 19.2 Å². The van der Waals surface area contributed by atoms with Crippen molar-refractivity contribution in [3.8, 4) is 35.8 Å². The van der Waals surface area contributed by atoms with Crippen LogP contribution in [0.2, 0.25) is 0 Å². The molecule has 118 heavy (non-hydrogen) atoms. The number of benzene rings is 6. The first-order chi connectivity index (χ1) is 55.3. The normalized spacial score (nSPS) is 13.6. The standard InChI is InChI=1S/C28H30N2O3S.C28H30N2OS.C21H24N2O3S.C20H24BrNO.2CH4/c1-18(2)26-27(34(31,32)24-13-19(3)12-23(14-24)16-29)25(15-21-10-11-21)20(4)30-28(26)33-17-22-8-6-5-7-9-22;1-18(2)26-27(32-24-13-19(3)12-23(14-24)16-29)25(15-21-10-11-21)20(4)30-28(26)31-17-22-8-6-5-7-9-22;1-12(2)19-20(18(10-15-5-6-15)14(4)23-21(19)24)27(25,26)17-8-13(3)7-16(9-17)11-22;1-13(2)18-19(21)17(11-15-9-10-15)14(3)22-20(18)23-12-16-7-5-4-6-8-16;;/h5-9,12-14,18,21H,10-11,15,17H2,1-4H3;5-9,12-14,18,21H,10-11,15,17H2,1-4H3;7-9,12,15H,5-6,10H2,1-4H3,(H,23,24);4-8,13,15H,9-12H2,1-3H3;2*1H4. The van der Waals surface area contributed by atoms with Crippen molar-refractivity contribution < 1.29 is 31.0 Å². The molecule has 6 aromatic carbocycles. The van der Waals surface area contributed by atoms with E-state index in [1.54, 1.807) is 56.8 Å². The molecule has 0 amide bonds. The van der Waals surface area contributed by atoms with Crippen LogP contribution >= 0.6 is 27.7 Å². The molecule has 0 atom stereocenters. The van der Waals surface area contributed by atoms with Crippen molar-refractivity contribution in [1.29, 1.82) is 15.8 Å². The zero-order valence-corrected chi connectivity index (χ0v) is 73.7. The third kappa shape index (κ3) is 23.6. The number of H-pyrrole nitrogens is 1. The second-order valence-corrected chi connectivity index (χ2v) is 38.7. The second kappa shape index (κ2) is 40.9. The molecule has 4 aliphatic carbocycles. The number of pyridine rings is 4. The van der Waals surface area contributed by atoms with E-state index < -0.39 is 19.7 Å². The largest absolute Gasteiger partial charge is 0.473 e. The average molecular weight is 1710 g/mol. The molecule has 19 heteroatoms. The molecule has 4 heterocycles. The van der Waals surface area contributed by atoms with Crippen LogP contribution in [0, 0.1) is 106 Å². The fraction of sp³-hybridized carbons (Fsp3) is 0.404. The van der Waals surface area contributed by atoms with E-state index in [0.717, 1.165) is 106 Å². The predicted octanol–water partition coefficient (Wildman–Crippen LogP) is 24.3. The zero-order chi connectivity index (χ0) is 83.4. The highest BCUT2D eigenvalue weighted by Gasteiger charge is 2.37. The number of hydrogen-bond acceptors (Lipinski definition) is 15. The van der Waals surface area contributed by atoms with Gasteiger partial charge in [-0.2, -0.15) is 15.8 Å². The van der Waals surface area contributed by atoms with E-state index in [2.05, 4.69) is 105 Å². The number of rotatable bonds is 27. The van der Waals surface area contributed by atoms with Crippen LogP contribution in [0.4, 0.5) is 0 Å². The van der Waals surface area contributed by atoms with Gasteiger partial charge in [0.15, 0.2) is 0 Å². The van der Waals surface area contributed by atoms with Crippen LogP contribution in [0.1, 0.15) is 263 Å². The van der Waals surface area contributed by atoms with Gasteiger partial charge in [0.1, 0.15) is 19.8 Å². The summed E-state index contributed by atoms with van der Waals surface area (Å²) in [6.45, 7) is 31.2. The Kier molecular flexibility index (Phi) is 31.9. The first kappa shape index (κ1) is 92.2. The number of ether oxygens (including phenoxy) is 3. The summed E-state index contributed by atoms with van der Waals surface area (Å²) in [4.78, 5) is 33.0. The third-order valence-corrected chi connectivity index (χ3v) is 27.3. The Hall–Kier alpha value is -9.68. The van der Waals surface area contributed by atoms with Crippen LogP contribution in [0.25, 0.3) is 0 Å². The van der Waals surface area contributed by atoms with Gasteiger partial charge in [-0.1, -0.05) is 173 Å². The van der Waals surface area contributed by atoms with Gasteiger partial charge in [0, 0.05) is 59.3 Å². The average Bonchev–Trinajstić information content (AvgIpc) is 0.864. The summed E-state index contributed by atoms with van der Waals surface area (Å²) in [5, 5.41) is 28.1. The Morgan fingerprint density at radius 2 is 0.763 bits per heavy atom. The van der Waals surface area contributed by atoms with E-state index in [4.69, 9.17) is 29.2 Å². The number of nitriles is 3. The lowest BCUT2D eigenvalue weighted by atomic mass is 9.98. The fourth-order valence-corrected chi connectivity index (χ4v) is 21.3. The quantitative estimate of drug-likeness (QED) is 0.0503. The van der Waals surface area contributed by atoms with Gasteiger partial charge in [-0.3, -0.25) is 4.79 Å². The molecule has 4 saturated carbocycles. The molecular weight excluding hydrogens is 1590 g/mol. The van der Waals surface area contributed by atoms with E-state index in [0.29, 0.717) is 112 Å². The van der Waals surface area contributed by atoms with Crippen molar-refractivity contribution in [1.82, 2.24) is 19.9 Å². The van der Waals surface area contributed by atoms with E-state index in [-0.39, 0.29) is 52.9 Å². The molecule has 10 aromatic rings. The first-order valence-corrected chi connectivity index (χ1v) is 45.2. The predicted molar refractivity (Wildman–Crippen MR) is 477 cm³/mol. The summed E-state index contributed by atoms with van der Waals surface area (Å²) < 4.78 is 75.4. The van der Waals surface area contributed by atoms with Crippen LogP contribution in [-0.2, 0) is 65.2 Å². The van der Waals surface area contributed by atoms with Crippen molar-refractivity contribution in [2.24, 2.45) is 23.7 Å². The van der Waals surface area contributed by atoms with Crippen molar-refractivity contribution in [3.63, 3.8) is 0 Å². The van der Waals surface area contributed by atoms with Crippen molar-refractivity contribution >= 4 is 47.4 Å². The molecule has 15 nitrogen and oxygen atoms in total. The Bertz CT molecular complexity index is 5660. The number of hydrogen-bond donors (Lipinski definition) is 1. The molecule has 0 unspecified atom stereocenters. The highest BCUT2D eigenvalue weighted by Crippen LogP contribution is 2.48. The Morgan fingerprint density at radius 1 is 0.432 bits per heavy atom. The van der Waals surface area contributed by atoms with Crippen molar-refractivity contribution in [3.05, 3.63) is 278 Å². The summed E-state index contributed by atoms with van der Waals surface area (Å²) in [7, 11) is -7.85. The molecule has 0 aliphatic heterocycles. The second-order valence-electron chi connectivity index (χ2n) is 33.0. The SMILES string of the molecule is C.C.Cc1cc(C#N)cc(S(=O)(=O)c2c(CC3CC3)c(C)[nH]c(=O)c2C(C)C)c1.Cc1cc(C#N)cc(S(=O)(=O)c2c(CC3CC3)c(C)nc(OCc3ccccc3)c2C(C)C)c1.Cc1cc(C#N)cc(Sc2c(CC3CC3)c(C)nc(OCc3ccccc3)c2C(C)C)c1.Cc1nc(OCc2ccccc2)c(C(C)C)c(Br)c1CC1CC1. The van der Waals surface area contributed by atoms with Crippen molar-refractivity contribution in [2.45, 2.75) is 269 Å². The lowest BCUT2D eigenvalue weighted by Gasteiger charge is -2.23. The number of aromatic nitrogens is 4. The summed E-state index contributed by atoms with van der Waals surface area (Å²) in [5.74, 6) is 4.72. The monoisotopic (exact) mass is 1710 g/mol. The van der Waals surface area contributed by atoms with E-state index >= 15 is 0 Å². The van der Waals surface area contributed by atoms with Crippen LogP contribution < -0.4 is 19.8 Å². The van der Waals surface area contributed by atoms with E-state index in [1.165, 1.54) is 75.0 Å². The lowest BCUT2D eigenvalue weighted by molar-refractivity contribution is 0.286. The van der Waals surface area contributed by atoms with Gasteiger partial charge in [0.2, 0.25) is 37.3 Å². The maximum Gasteiger partial charge on any atom is 0.252 e. The van der Waals surface area contributed by atoms with Gasteiger partial charge in [0.25, 0.3) is 5.56 Å². The van der Waals surface area contributed by atoms with Crippen LogP contribution in [0.5, 0.6) is 17.6 Å². The van der Waals surface area contributed by atoms with Gasteiger partial charge in [-0.25, -0.2) is 31.8 Å². The highest BCUT2D eigenvalue weighted by molar-refractivity contribution is 9.10. The maximum absolute atomic E-state index is 14.2. The first-order valence-electron chi connectivity index (χ1n) is 40.6.